The Morgan fingerprint density at radius 1 is 1.16 bits per heavy atom. The summed E-state index contributed by atoms with van der Waals surface area (Å²) >= 11 is 0. The van der Waals surface area contributed by atoms with Gasteiger partial charge in [0.25, 0.3) is 0 Å². The number of benzene rings is 1. The maximum Gasteiger partial charge on any atom is 0.160 e. The summed E-state index contributed by atoms with van der Waals surface area (Å²) in [6.07, 6.45) is 4.56. The van der Waals surface area contributed by atoms with Crippen molar-refractivity contribution in [2.75, 3.05) is 0 Å². The first kappa shape index (κ1) is 26.4. The zero-order valence-electron chi connectivity index (χ0n) is 20.6. The van der Waals surface area contributed by atoms with Crippen LogP contribution in [0.1, 0.15) is 95.1 Å². The van der Waals surface area contributed by atoms with Gasteiger partial charge < -0.3 is 5.11 Å². The maximum absolute atomic E-state index is 11.9. The van der Waals surface area contributed by atoms with Gasteiger partial charge in [0.1, 0.15) is 5.60 Å². The van der Waals surface area contributed by atoms with Crippen molar-refractivity contribution >= 4 is 17.2 Å². The zero-order valence-corrected chi connectivity index (χ0v) is 20.6. The first-order valence-corrected chi connectivity index (χ1v) is 11.2. The standard InChI is InChI=1S/C25H32N2O2.C2H6/c1-8-18-14-19(10-12-21(18)17(5)28)22(9-2)27-24(16(3)4)20-11-13-23(26-15-20)25(6,7)29;1-2/h9-16,29H,8H2,1-7H3;1-2H3/b22-9-,27-24?;. The normalized spacial score (nSPS) is 12.5. The molecule has 2 aromatic rings. The highest BCUT2D eigenvalue weighted by Crippen LogP contribution is 2.24. The predicted molar refractivity (Wildman–Crippen MR) is 132 cm³/mol. The van der Waals surface area contributed by atoms with E-state index in [9.17, 15) is 9.90 Å². The van der Waals surface area contributed by atoms with Crippen molar-refractivity contribution in [2.24, 2.45) is 10.9 Å². The number of aliphatic imine (C=N–C) groups is 1. The topological polar surface area (TPSA) is 62.6 Å². The third-order valence-electron chi connectivity index (χ3n) is 4.91. The summed E-state index contributed by atoms with van der Waals surface area (Å²) in [4.78, 5) is 21.3. The largest absolute Gasteiger partial charge is 0.384 e. The smallest absolute Gasteiger partial charge is 0.160 e. The molecule has 0 aliphatic rings. The molecule has 0 aliphatic carbocycles. The SMILES string of the molecule is C/C=C(\N=C(c1ccc(C(C)(C)O)nc1)C(C)C)c1ccc(C(C)=O)c(CC)c1.CC. The monoisotopic (exact) mass is 422 g/mol. The number of carbonyl (C=O) groups excluding carboxylic acids is 1. The lowest BCUT2D eigenvalue weighted by atomic mass is 9.97. The molecule has 0 radical (unpaired) electrons. The molecule has 0 spiro atoms. The minimum absolute atomic E-state index is 0.0831. The van der Waals surface area contributed by atoms with Gasteiger partial charge in [0.05, 0.1) is 17.1 Å². The van der Waals surface area contributed by atoms with E-state index in [4.69, 9.17) is 4.99 Å². The van der Waals surface area contributed by atoms with Crippen LogP contribution >= 0.6 is 0 Å². The molecule has 0 fully saturated rings. The Hall–Kier alpha value is -2.59. The molecule has 0 atom stereocenters. The molecule has 1 aromatic heterocycles. The van der Waals surface area contributed by atoms with E-state index >= 15 is 0 Å². The van der Waals surface area contributed by atoms with Crippen LogP contribution in [-0.4, -0.2) is 21.6 Å². The zero-order chi connectivity index (χ0) is 23.8. The molecule has 0 saturated heterocycles. The Morgan fingerprint density at radius 3 is 2.19 bits per heavy atom. The lowest BCUT2D eigenvalue weighted by Crippen LogP contribution is -2.18. The van der Waals surface area contributed by atoms with Gasteiger partial charge in [-0.2, -0.15) is 0 Å². The number of hydrogen-bond acceptors (Lipinski definition) is 4. The molecule has 2 rings (SSSR count). The number of nitrogens with zero attached hydrogens (tertiary/aromatic N) is 2. The highest BCUT2D eigenvalue weighted by Gasteiger charge is 2.19. The molecule has 1 N–H and O–H groups in total. The van der Waals surface area contributed by atoms with Crippen LogP contribution in [-0.2, 0) is 12.0 Å². The van der Waals surface area contributed by atoms with Gasteiger partial charge in [-0.15, -0.1) is 0 Å². The van der Waals surface area contributed by atoms with Crippen molar-refractivity contribution in [3.63, 3.8) is 0 Å². The highest BCUT2D eigenvalue weighted by molar-refractivity contribution is 6.04. The molecule has 1 heterocycles. The van der Waals surface area contributed by atoms with E-state index in [-0.39, 0.29) is 11.7 Å². The van der Waals surface area contributed by atoms with E-state index in [1.165, 1.54) is 0 Å². The summed E-state index contributed by atoms with van der Waals surface area (Å²) in [6.45, 7) is 17.3. The van der Waals surface area contributed by atoms with Gasteiger partial charge >= 0.3 is 0 Å². The number of aromatic nitrogens is 1. The Morgan fingerprint density at radius 2 is 1.77 bits per heavy atom. The predicted octanol–water partition coefficient (Wildman–Crippen LogP) is 6.61. The number of hydrogen-bond donors (Lipinski definition) is 1. The lowest BCUT2D eigenvalue weighted by Gasteiger charge is -2.18. The van der Waals surface area contributed by atoms with Crippen molar-refractivity contribution in [3.05, 3.63) is 70.6 Å². The highest BCUT2D eigenvalue weighted by atomic mass is 16.3. The van der Waals surface area contributed by atoms with Crippen molar-refractivity contribution in [1.82, 2.24) is 4.98 Å². The second kappa shape index (κ2) is 11.7. The molecule has 0 amide bonds. The Balaban J connectivity index is 0.00000233. The molecule has 0 aliphatic heterocycles. The fraction of sp³-hybridized carbons (Fsp3) is 0.444. The van der Waals surface area contributed by atoms with Gasteiger partial charge in [0.15, 0.2) is 5.78 Å². The number of allylic oxidation sites excluding steroid dienone is 1. The Kier molecular flexibility index (Phi) is 9.99. The summed E-state index contributed by atoms with van der Waals surface area (Å²) < 4.78 is 0. The molecular weight excluding hydrogens is 384 g/mol. The summed E-state index contributed by atoms with van der Waals surface area (Å²) in [7, 11) is 0. The second-order valence-corrected chi connectivity index (χ2v) is 8.10. The average molecular weight is 423 g/mol. The van der Waals surface area contributed by atoms with Crippen LogP contribution in [0.5, 0.6) is 0 Å². The number of ketones is 1. The van der Waals surface area contributed by atoms with E-state index < -0.39 is 5.60 Å². The summed E-state index contributed by atoms with van der Waals surface area (Å²) in [5.41, 5.74) is 5.18. The maximum atomic E-state index is 11.9. The second-order valence-electron chi connectivity index (χ2n) is 8.10. The van der Waals surface area contributed by atoms with Crippen LogP contribution in [0.3, 0.4) is 0 Å². The van der Waals surface area contributed by atoms with Crippen molar-refractivity contribution < 1.29 is 9.90 Å². The molecule has 0 saturated carbocycles. The van der Waals surface area contributed by atoms with Crippen LogP contribution in [0, 0.1) is 5.92 Å². The number of Topliss-reactive ketones (excluding diaryl/α,β-unsaturated/α-hetero) is 1. The third-order valence-corrected chi connectivity index (χ3v) is 4.91. The van der Waals surface area contributed by atoms with E-state index in [2.05, 4.69) is 31.8 Å². The van der Waals surface area contributed by atoms with Gasteiger partial charge in [-0.25, -0.2) is 0 Å². The fourth-order valence-corrected chi connectivity index (χ4v) is 3.25. The molecular formula is C27H38N2O2. The van der Waals surface area contributed by atoms with Crippen molar-refractivity contribution in [1.29, 1.82) is 0 Å². The number of carbonyl (C=O) groups is 1. The van der Waals surface area contributed by atoms with Crippen LogP contribution < -0.4 is 0 Å². The third kappa shape index (κ3) is 6.96. The number of aliphatic hydroxyl groups is 1. The van der Waals surface area contributed by atoms with Crippen molar-refractivity contribution in [3.8, 4) is 0 Å². The van der Waals surface area contributed by atoms with Gasteiger partial charge in [-0.3, -0.25) is 14.8 Å². The Labute approximate surface area is 188 Å². The molecule has 1 aromatic carbocycles. The van der Waals surface area contributed by atoms with E-state index in [0.717, 1.165) is 40.1 Å². The van der Waals surface area contributed by atoms with E-state index in [0.29, 0.717) is 5.69 Å². The van der Waals surface area contributed by atoms with Crippen LogP contribution in [0.4, 0.5) is 0 Å². The van der Waals surface area contributed by atoms with E-state index in [1.54, 1.807) is 27.0 Å². The average Bonchev–Trinajstić information content (AvgIpc) is 2.74. The van der Waals surface area contributed by atoms with Crippen LogP contribution in [0.15, 0.2) is 47.6 Å². The summed E-state index contributed by atoms with van der Waals surface area (Å²) in [6, 6.07) is 9.72. The minimum atomic E-state index is -0.975. The Bertz CT molecular complexity index is 931. The van der Waals surface area contributed by atoms with E-state index in [1.807, 2.05) is 51.1 Å². The number of aryl methyl sites for hydroxylation is 1. The first-order valence-electron chi connectivity index (χ1n) is 11.2. The summed E-state index contributed by atoms with van der Waals surface area (Å²) in [5, 5.41) is 10.1. The van der Waals surface area contributed by atoms with Crippen LogP contribution in [0.25, 0.3) is 5.70 Å². The number of rotatable bonds is 7. The summed E-state index contributed by atoms with van der Waals surface area (Å²) in [5.74, 6) is 0.279. The molecule has 31 heavy (non-hydrogen) atoms. The quantitative estimate of drug-likeness (QED) is 0.403. The lowest BCUT2D eigenvalue weighted by molar-refractivity contribution is 0.0738. The van der Waals surface area contributed by atoms with Crippen LogP contribution in [0.2, 0.25) is 0 Å². The van der Waals surface area contributed by atoms with Gasteiger partial charge in [0, 0.05) is 22.9 Å². The molecule has 168 valence electrons. The molecule has 4 nitrogen and oxygen atoms in total. The van der Waals surface area contributed by atoms with Gasteiger partial charge in [-0.05, 0) is 63.8 Å². The minimum Gasteiger partial charge on any atom is -0.384 e. The molecule has 0 unspecified atom stereocenters. The first-order chi connectivity index (χ1) is 14.6. The fourth-order valence-electron chi connectivity index (χ4n) is 3.25. The van der Waals surface area contributed by atoms with Crippen molar-refractivity contribution in [2.45, 2.75) is 74.3 Å². The molecule has 4 heteroatoms. The van der Waals surface area contributed by atoms with Gasteiger partial charge in [0.2, 0.25) is 0 Å². The number of pyridine rings is 1. The molecule has 0 bridgehead atoms. The van der Waals surface area contributed by atoms with Gasteiger partial charge in [-0.1, -0.05) is 52.8 Å².